The zero-order chi connectivity index (χ0) is 14.7. The highest BCUT2D eigenvalue weighted by atomic mass is 79.9. The van der Waals surface area contributed by atoms with Gasteiger partial charge in [0, 0.05) is 8.95 Å². The molecule has 5 heteroatoms. The summed E-state index contributed by atoms with van der Waals surface area (Å²) in [6.07, 6.45) is 0. The van der Waals surface area contributed by atoms with Crippen molar-refractivity contribution >= 4 is 63.7 Å². The minimum atomic E-state index is 0.128. The fraction of sp³-hybridized carbons (Fsp3) is 0.200. The Bertz CT molecular complexity index is 593. The molecule has 0 aliphatic rings. The third-order valence-electron chi connectivity index (χ3n) is 2.73. The molecule has 1 nitrogen and oxygen atoms in total. The van der Waals surface area contributed by atoms with E-state index in [-0.39, 0.29) is 4.83 Å². The van der Waals surface area contributed by atoms with Crippen molar-refractivity contribution in [2.24, 2.45) is 0 Å². The van der Waals surface area contributed by atoms with Gasteiger partial charge in [0.05, 0.1) is 15.9 Å². The second-order valence-corrected chi connectivity index (χ2v) is 7.79. The van der Waals surface area contributed by atoms with Gasteiger partial charge in [-0.05, 0) is 64.3 Å². The van der Waals surface area contributed by atoms with Crippen LogP contribution in [-0.4, -0.2) is 6.61 Å². The minimum absolute atomic E-state index is 0.128. The van der Waals surface area contributed by atoms with Crippen molar-refractivity contribution in [2.75, 3.05) is 6.61 Å². The van der Waals surface area contributed by atoms with Gasteiger partial charge in [0.1, 0.15) is 5.75 Å². The summed E-state index contributed by atoms with van der Waals surface area (Å²) in [6.45, 7) is 2.64. The minimum Gasteiger partial charge on any atom is -0.493 e. The van der Waals surface area contributed by atoms with Crippen molar-refractivity contribution in [3.8, 4) is 5.75 Å². The van der Waals surface area contributed by atoms with Crippen LogP contribution in [0, 0.1) is 0 Å². The van der Waals surface area contributed by atoms with Crippen molar-refractivity contribution in [3.63, 3.8) is 0 Å². The maximum absolute atomic E-state index is 5.54. The summed E-state index contributed by atoms with van der Waals surface area (Å²) in [5.74, 6) is 0.867. The molecule has 0 spiro atoms. The normalized spacial score (nSPS) is 12.2. The van der Waals surface area contributed by atoms with Crippen molar-refractivity contribution in [1.29, 1.82) is 0 Å². The number of rotatable bonds is 4. The van der Waals surface area contributed by atoms with E-state index in [4.69, 9.17) is 4.74 Å². The van der Waals surface area contributed by atoms with Gasteiger partial charge < -0.3 is 4.74 Å². The van der Waals surface area contributed by atoms with Gasteiger partial charge in [-0.25, -0.2) is 0 Å². The van der Waals surface area contributed by atoms with E-state index in [9.17, 15) is 0 Å². The van der Waals surface area contributed by atoms with Crippen LogP contribution in [0.25, 0.3) is 0 Å². The van der Waals surface area contributed by atoms with Crippen LogP contribution < -0.4 is 4.74 Å². The van der Waals surface area contributed by atoms with Gasteiger partial charge in [0.15, 0.2) is 0 Å². The molecular formula is C15H12Br4O. The largest absolute Gasteiger partial charge is 0.493 e. The number of hydrogen-bond donors (Lipinski definition) is 0. The molecule has 0 heterocycles. The van der Waals surface area contributed by atoms with Gasteiger partial charge in [-0.1, -0.05) is 53.9 Å². The van der Waals surface area contributed by atoms with Crippen LogP contribution in [-0.2, 0) is 0 Å². The summed E-state index contributed by atoms with van der Waals surface area (Å²) in [4.78, 5) is 0.128. The van der Waals surface area contributed by atoms with Crippen LogP contribution in [0.2, 0.25) is 0 Å². The second kappa shape index (κ2) is 7.43. The Balaban J connectivity index is 2.33. The summed E-state index contributed by atoms with van der Waals surface area (Å²) in [5.41, 5.74) is 2.35. The SMILES string of the molecule is CCOc1ccc(C(Br)c2cc(Br)cc(Br)c2)cc1Br. The average Bonchev–Trinajstić information content (AvgIpc) is 2.39. The van der Waals surface area contributed by atoms with Gasteiger partial charge in [-0.15, -0.1) is 0 Å². The maximum atomic E-state index is 5.54. The van der Waals surface area contributed by atoms with E-state index in [0.717, 1.165) is 19.2 Å². The molecule has 0 saturated heterocycles. The first kappa shape index (κ1) is 16.5. The molecule has 1 atom stereocenters. The van der Waals surface area contributed by atoms with Gasteiger partial charge in [-0.3, -0.25) is 0 Å². The molecule has 0 aromatic heterocycles. The molecule has 2 aromatic rings. The number of alkyl halides is 1. The molecule has 0 bridgehead atoms. The molecule has 0 N–H and O–H groups in total. The topological polar surface area (TPSA) is 9.23 Å². The molecule has 0 aliphatic heterocycles. The van der Waals surface area contributed by atoms with Crippen LogP contribution in [0.15, 0.2) is 49.8 Å². The molecule has 0 fully saturated rings. The molecular weight excluding hydrogens is 516 g/mol. The molecule has 2 rings (SSSR count). The molecule has 0 saturated carbocycles. The van der Waals surface area contributed by atoms with Gasteiger partial charge in [0.25, 0.3) is 0 Å². The zero-order valence-electron chi connectivity index (χ0n) is 10.7. The molecule has 20 heavy (non-hydrogen) atoms. The van der Waals surface area contributed by atoms with Crippen molar-refractivity contribution in [3.05, 3.63) is 60.9 Å². The number of hydrogen-bond acceptors (Lipinski definition) is 1. The lowest BCUT2D eigenvalue weighted by Gasteiger charge is -2.14. The predicted molar refractivity (Wildman–Crippen MR) is 97.9 cm³/mol. The van der Waals surface area contributed by atoms with E-state index in [1.54, 1.807) is 0 Å². The molecule has 2 aromatic carbocycles. The van der Waals surface area contributed by atoms with Crippen LogP contribution in [0.3, 0.4) is 0 Å². The summed E-state index contributed by atoms with van der Waals surface area (Å²) in [6, 6.07) is 12.4. The first-order valence-corrected chi connectivity index (χ1v) is 9.33. The Labute approximate surface area is 152 Å². The summed E-state index contributed by atoms with van der Waals surface area (Å²) in [5, 5.41) is 0. The lowest BCUT2D eigenvalue weighted by molar-refractivity contribution is 0.338. The van der Waals surface area contributed by atoms with Crippen molar-refractivity contribution in [2.45, 2.75) is 11.8 Å². The highest BCUT2D eigenvalue weighted by Crippen LogP contribution is 2.37. The molecule has 0 radical (unpaired) electrons. The Morgan fingerprint density at radius 2 is 1.60 bits per heavy atom. The first-order valence-electron chi connectivity index (χ1n) is 6.03. The van der Waals surface area contributed by atoms with Crippen LogP contribution in [0.4, 0.5) is 0 Å². The third-order valence-corrected chi connectivity index (χ3v) is 5.32. The third kappa shape index (κ3) is 4.09. The van der Waals surface area contributed by atoms with E-state index >= 15 is 0 Å². The van der Waals surface area contributed by atoms with Gasteiger partial charge >= 0.3 is 0 Å². The second-order valence-electron chi connectivity index (χ2n) is 4.19. The molecule has 106 valence electrons. The zero-order valence-corrected chi connectivity index (χ0v) is 17.0. The fourth-order valence-electron chi connectivity index (χ4n) is 1.86. The van der Waals surface area contributed by atoms with Crippen LogP contribution >= 0.6 is 63.7 Å². The highest BCUT2D eigenvalue weighted by molar-refractivity contribution is 9.11. The van der Waals surface area contributed by atoms with E-state index in [1.165, 1.54) is 11.1 Å². The molecule has 0 amide bonds. The lowest BCUT2D eigenvalue weighted by Crippen LogP contribution is -1.96. The fourth-order valence-corrected chi connectivity index (χ4v) is 4.25. The number of halogens is 4. The van der Waals surface area contributed by atoms with Crippen LogP contribution in [0.1, 0.15) is 22.9 Å². The molecule has 0 aliphatic carbocycles. The summed E-state index contributed by atoms with van der Waals surface area (Å²) < 4.78 is 8.61. The smallest absolute Gasteiger partial charge is 0.133 e. The lowest BCUT2D eigenvalue weighted by atomic mass is 10.0. The highest BCUT2D eigenvalue weighted by Gasteiger charge is 2.13. The van der Waals surface area contributed by atoms with E-state index in [1.807, 2.05) is 19.1 Å². The van der Waals surface area contributed by atoms with Crippen molar-refractivity contribution < 1.29 is 4.74 Å². The van der Waals surface area contributed by atoms with Gasteiger partial charge in [-0.2, -0.15) is 0 Å². The van der Waals surface area contributed by atoms with Gasteiger partial charge in [0.2, 0.25) is 0 Å². The Kier molecular flexibility index (Phi) is 6.14. The van der Waals surface area contributed by atoms with E-state index in [0.29, 0.717) is 6.61 Å². The maximum Gasteiger partial charge on any atom is 0.133 e. The average molecular weight is 528 g/mol. The Hall–Kier alpha value is 0.160. The number of benzene rings is 2. The Morgan fingerprint density at radius 1 is 0.950 bits per heavy atom. The van der Waals surface area contributed by atoms with E-state index in [2.05, 4.69) is 88.0 Å². The Morgan fingerprint density at radius 3 is 2.15 bits per heavy atom. The standard InChI is InChI=1S/C15H12Br4O/c1-2-20-14-4-3-9(7-13(14)18)15(19)10-5-11(16)8-12(17)6-10/h3-8,15H,2H2,1H3. The molecule has 1 unspecified atom stereocenters. The summed E-state index contributed by atoms with van der Waals surface area (Å²) in [7, 11) is 0. The first-order chi connectivity index (χ1) is 9.51. The summed E-state index contributed by atoms with van der Waals surface area (Å²) >= 11 is 14.4. The van der Waals surface area contributed by atoms with Crippen LogP contribution in [0.5, 0.6) is 5.75 Å². The monoisotopic (exact) mass is 524 g/mol. The van der Waals surface area contributed by atoms with Crippen molar-refractivity contribution in [1.82, 2.24) is 0 Å². The predicted octanol–water partition coefficient (Wildman–Crippen LogP) is 6.86. The number of ether oxygens (including phenoxy) is 1. The van der Waals surface area contributed by atoms with E-state index < -0.39 is 0 Å². The quantitative estimate of drug-likeness (QED) is 0.395.